The Kier molecular flexibility index (Phi) is 3.87. The normalized spacial score (nSPS) is 21.5. The maximum absolute atomic E-state index is 12.1. The molecule has 0 saturated carbocycles. The first kappa shape index (κ1) is 13.4. The number of hydrogen-bond acceptors (Lipinski definition) is 3. The number of H-pyrrole nitrogens is 1. The average Bonchev–Trinajstić information content (AvgIpc) is 2.97. The molecule has 20 heavy (non-hydrogen) atoms. The fourth-order valence-corrected chi connectivity index (χ4v) is 2.95. The number of aryl methyl sites for hydroxylation is 2. The number of pyridine rings is 1. The van der Waals surface area contributed by atoms with Gasteiger partial charge >= 0.3 is 0 Å². The van der Waals surface area contributed by atoms with Crippen LogP contribution >= 0.6 is 0 Å². The summed E-state index contributed by atoms with van der Waals surface area (Å²) in [5.74, 6) is -0.296. The fourth-order valence-electron chi connectivity index (χ4n) is 2.95. The van der Waals surface area contributed by atoms with E-state index in [1.807, 2.05) is 0 Å². The second-order valence-electron chi connectivity index (χ2n) is 5.57. The van der Waals surface area contributed by atoms with E-state index >= 15 is 0 Å². The Morgan fingerprint density at radius 3 is 3.00 bits per heavy atom. The minimum Gasteiger partial charge on any atom is -0.376 e. The molecule has 1 fully saturated rings. The van der Waals surface area contributed by atoms with Crippen molar-refractivity contribution in [2.45, 2.75) is 44.6 Å². The van der Waals surface area contributed by atoms with Crippen LogP contribution in [0.25, 0.3) is 0 Å². The van der Waals surface area contributed by atoms with E-state index in [-0.39, 0.29) is 23.1 Å². The summed E-state index contributed by atoms with van der Waals surface area (Å²) >= 11 is 0. The predicted octanol–water partition coefficient (Wildman–Crippen LogP) is 1.16. The van der Waals surface area contributed by atoms with Crippen molar-refractivity contribution in [3.05, 3.63) is 33.2 Å². The van der Waals surface area contributed by atoms with Crippen LogP contribution in [-0.2, 0) is 17.6 Å². The van der Waals surface area contributed by atoms with E-state index in [9.17, 15) is 9.59 Å². The van der Waals surface area contributed by atoms with E-state index in [1.165, 1.54) is 0 Å². The van der Waals surface area contributed by atoms with Crippen molar-refractivity contribution in [3.63, 3.8) is 0 Å². The zero-order valence-corrected chi connectivity index (χ0v) is 11.5. The monoisotopic (exact) mass is 276 g/mol. The SMILES string of the molecule is O=C(NCC1CCCO1)c1cc2c([nH]c1=O)CCCC2. The number of aromatic nitrogens is 1. The third-order valence-electron chi connectivity index (χ3n) is 4.10. The highest BCUT2D eigenvalue weighted by Crippen LogP contribution is 2.18. The van der Waals surface area contributed by atoms with Gasteiger partial charge in [-0.2, -0.15) is 0 Å². The highest BCUT2D eigenvalue weighted by atomic mass is 16.5. The number of nitrogens with one attached hydrogen (secondary N) is 2. The molecule has 108 valence electrons. The van der Waals surface area contributed by atoms with Crippen LogP contribution in [-0.4, -0.2) is 30.1 Å². The summed E-state index contributed by atoms with van der Waals surface area (Å²) in [6, 6.07) is 1.76. The number of ether oxygens (including phenoxy) is 1. The second kappa shape index (κ2) is 5.79. The van der Waals surface area contributed by atoms with Gasteiger partial charge in [-0.15, -0.1) is 0 Å². The molecule has 1 atom stereocenters. The summed E-state index contributed by atoms with van der Waals surface area (Å²) in [5.41, 5.74) is 2.05. The molecule has 1 unspecified atom stereocenters. The van der Waals surface area contributed by atoms with Gasteiger partial charge in [0.15, 0.2) is 0 Å². The highest BCUT2D eigenvalue weighted by Gasteiger charge is 2.19. The second-order valence-corrected chi connectivity index (χ2v) is 5.57. The number of carbonyl (C=O) groups is 1. The lowest BCUT2D eigenvalue weighted by Gasteiger charge is -2.16. The number of rotatable bonds is 3. The van der Waals surface area contributed by atoms with Crippen molar-refractivity contribution < 1.29 is 9.53 Å². The van der Waals surface area contributed by atoms with E-state index in [2.05, 4.69) is 10.3 Å². The number of aromatic amines is 1. The molecule has 1 amide bonds. The van der Waals surface area contributed by atoms with Gasteiger partial charge in [0.05, 0.1) is 6.10 Å². The van der Waals surface area contributed by atoms with Gasteiger partial charge in [-0.1, -0.05) is 0 Å². The molecule has 5 nitrogen and oxygen atoms in total. The van der Waals surface area contributed by atoms with Crippen LogP contribution in [0, 0.1) is 0 Å². The van der Waals surface area contributed by atoms with Gasteiger partial charge in [0, 0.05) is 18.8 Å². The summed E-state index contributed by atoms with van der Waals surface area (Å²) in [7, 11) is 0. The van der Waals surface area contributed by atoms with Gasteiger partial charge in [0.1, 0.15) is 5.56 Å². The molecule has 1 aliphatic carbocycles. The molecular formula is C15H20N2O3. The number of amides is 1. The highest BCUT2D eigenvalue weighted by molar-refractivity contribution is 5.94. The van der Waals surface area contributed by atoms with Gasteiger partial charge in [-0.25, -0.2) is 0 Å². The van der Waals surface area contributed by atoms with Crippen molar-refractivity contribution in [2.75, 3.05) is 13.2 Å². The molecule has 1 aliphatic heterocycles. The van der Waals surface area contributed by atoms with Crippen LogP contribution in [0.5, 0.6) is 0 Å². The minimum atomic E-state index is -0.296. The van der Waals surface area contributed by atoms with E-state index in [4.69, 9.17) is 4.74 Å². The number of hydrogen-bond donors (Lipinski definition) is 2. The molecule has 2 aliphatic rings. The molecule has 2 heterocycles. The first-order chi connectivity index (χ1) is 9.74. The zero-order valence-electron chi connectivity index (χ0n) is 11.5. The molecule has 0 spiro atoms. The van der Waals surface area contributed by atoms with E-state index in [0.717, 1.165) is 56.4 Å². The molecule has 3 rings (SSSR count). The van der Waals surface area contributed by atoms with E-state index in [1.54, 1.807) is 6.07 Å². The quantitative estimate of drug-likeness (QED) is 0.870. The Balaban J connectivity index is 1.72. The molecule has 1 saturated heterocycles. The molecule has 0 bridgehead atoms. The third-order valence-corrected chi connectivity index (χ3v) is 4.10. The van der Waals surface area contributed by atoms with Crippen LogP contribution in [0.4, 0.5) is 0 Å². The molecule has 0 radical (unpaired) electrons. The molecule has 0 aromatic carbocycles. The lowest BCUT2D eigenvalue weighted by Crippen LogP contribution is -2.35. The van der Waals surface area contributed by atoms with Gasteiger partial charge in [-0.05, 0) is 50.2 Å². The summed E-state index contributed by atoms with van der Waals surface area (Å²) in [6.07, 6.45) is 6.18. The Morgan fingerprint density at radius 2 is 2.20 bits per heavy atom. The average molecular weight is 276 g/mol. The van der Waals surface area contributed by atoms with E-state index in [0.29, 0.717) is 6.54 Å². The Labute approximate surface area is 117 Å². The van der Waals surface area contributed by atoms with Crippen LogP contribution in [0.15, 0.2) is 10.9 Å². The maximum Gasteiger partial charge on any atom is 0.261 e. The first-order valence-electron chi connectivity index (χ1n) is 7.39. The van der Waals surface area contributed by atoms with Crippen LogP contribution in [0.3, 0.4) is 0 Å². The van der Waals surface area contributed by atoms with Gasteiger partial charge in [0.2, 0.25) is 0 Å². The van der Waals surface area contributed by atoms with Crippen molar-refractivity contribution in [3.8, 4) is 0 Å². The lowest BCUT2D eigenvalue weighted by atomic mass is 9.95. The standard InChI is InChI=1S/C15H20N2O3/c18-14(16-9-11-5-3-7-20-11)12-8-10-4-1-2-6-13(10)17-15(12)19/h8,11H,1-7,9H2,(H,16,18)(H,17,19). The van der Waals surface area contributed by atoms with Crippen molar-refractivity contribution in [1.29, 1.82) is 0 Å². The van der Waals surface area contributed by atoms with Crippen molar-refractivity contribution in [2.24, 2.45) is 0 Å². The zero-order chi connectivity index (χ0) is 13.9. The molecule has 1 aromatic heterocycles. The fraction of sp³-hybridized carbons (Fsp3) is 0.600. The maximum atomic E-state index is 12.1. The number of fused-ring (bicyclic) bond motifs is 1. The van der Waals surface area contributed by atoms with Crippen LogP contribution in [0.1, 0.15) is 47.3 Å². The summed E-state index contributed by atoms with van der Waals surface area (Å²) in [5, 5.41) is 2.80. The van der Waals surface area contributed by atoms with Crippen LogP contribution < -0.4 is 10.9 Å². The topological polar surface area (TPSA) is 71.2 Å². The Morgan fingerprint density at radius 1 is 1.35 bits per heavy atom. The smallest absolute Gasteiger partial charge is 0.261 e. The molecule has 1 aromatic rings. The summed E-state index contributed by atoms with van der Waals surface area (Å²) < 4.78 is 5.46. The molecular weight excluding hydrogens is 256 g/mol. The van der Waals surface area contributed by atoms with Crippen molar-refractivity contribution >= 4 is 5.91 Å². The summed E-state index contributed by atoms with van der Waals surface area (Å²) in [4.78, 5) is 27.0. The van der Waals surface area contributed by atoms with Gasteiger partial charge < -0.3 is 15.0 Å². The Bertz CT molecular complexity index is 559. The van der Waals surface area contributed by atoms with Gasteiger partial charge in [0.25, 0.3) is 11.5 Å². The largest absolute Gasteiger partial charge is 0.376 e. The molecule has 5 heteroatoms. The Hall–Kier alpha value is -1.62. The first-order valence-corrected chi connectivity index (χ1v) is 7.39. The van der Waals surface area contributed by atoms with Crippen LogP contribution in [0.2, 0.25) is 0 Å². The molecule has 2 N–H and O–H groups in total. The minimum absolute atomic E-state index is 0.0932. The summed E-state index contributed by atoms with van der Waals surface area (Å²) in [6.45, 7) is 1.25. The van der Waals surface area contributed by atoms with Gasteiger partial charge in [-0.3, -0.25) is 9.59 Å². The predicted molar refractivity (Wildman–Crippen MR) is 75.0 cm³/mol. The van der Waals surface area contributed by atoms with Crippen molar-refractivity contribution in [1.82, 2.24) is 10.3 Å². The lowest BCUT2D eigenvalue weighted by molar-refractivity contribution is 0.0856. The van der Waals surface area contributed by atoms with E-state index < -0.39 is 0 Å². The third kappa shape index (κ3) is 2.77. The number of carbonyl (C=O) groups excluding carboxylic acids is 1.